The van der Waals surface area contributed by atoms with Crippen LogP contribution in [0.2, 0.25) is 0 Å². The molecule has 4 nitrogen and oxygen atoms in total. The highest BCUT2D eigenvalue weighted by Gasteiger charge is 2.14. The van der Waals surface area contributed by atoms with Crippen molar-refractivity contribution in [3.63, 3.8) is 0 Å². The summed E-state index contributed by atoms with van der Waals surface area (Å²) in [4.78, 5) is 12.1. The average molecular weight is 262 g/mol. The molecule has 0 spiro atoms. The van der Waals surface area contributed by atoms with Gasteiger partial charge >= 0.3 is 0 Å². The molecule has 2 N–H and O–H groups in total. The van der Waals surface area contributed by atoms with Crippen molar-refractivity contribution in [1.82, 2.24) is 9.97 Å². The van der Waals surface area contributed by atoms with Crippen molar-refractivity contribution < 1.29 is 0 Å². The van der Waals surface area contributed by atoms with E-state index in [0.29, 0.717) is 0 Å². The molecule has 2 rings (SSSR count). The molecule has 1 atom stereocenters. The highest BCUT2D eigenvalue weighted by Crippen LogP contribution is 2.29. The van der Waals surface area contributed by atoms with Crippen LogP contribution >= 0.6 is 11.3 Å². The fourth-order valence-corrected chi connectivity index (χ4v) is 2.76. The zero-order valence-corrected chi connectivity index (χ0v) is 11.7. The number of hydrogen-bond donors (Lipinski definition) is 1. The molecule has 0 aliphatic heterocycles. The Morgan fingerprint density at radius 1 is 1.44 bits per heavy atom. The van der Waals surface area contributed by atoms with E-state index in [4.69, 9.17) is 5.73 Å². The van der Waals surface area contributed by atoms with Gasteiger partial charge in [-0.3, -0.25) is 4.98 Å². The van der Waals surface area contributed by atoms with Crippen molar-refractivity contribution in [3.8, 4) is 0 Å². The molecule has 0 bridgehead atoms. The van der Waals surface area contributed by atoms with Crippen molar-refractivity contribution in [2.45, 2.75) is 26.4 Å². The van der Waals surface area contributed by atoms with Gasteiger partial charge in [0.25, 0.3) is 0 Å². The van der Waals surface area contributed by atoms with E-state index >= 15 is 0 Å². The standard InChI is InChI=1S/C13H18N4S/c1-9(14)12-10(2)16-13(18-12)17(3)8-11-6-4-5-7-15-11/h4-7,9H,8,14H2,1-3H3. The summed E-state index contributed by atoms with van der Waals surface area (Å²) in [5.74, 6) is 0. The molecular formula is C13H18N4S. The Bertz CT molecular complexity index is 507. The predicted octanol–water partition coefficient (Wildman–Crippen LogP) is 2.50. The minimum atomic E-state index is 0.0412. The van der Waals surface area contributed by atoms with Crippen LogP contribution in [0.15, 0.2) is 24.4 Å². The van der Waals surface area contributed by atoms with E-state index in [9.17, 15) is 0 Å². The maximum atomic E-state index is 5.92. The molecule has 2 aromatic rings. The Balaban J connectivity index is 2.14. The van der Waals surface area contributed by atoms with Crippen LogP contribution in [0, 0.1) is 6.92 Å². The van der Waals surface area contributed by atoms with Crippen LogP contribution in [-0.4, -0.2) is 17.0 Å². The summed E-state index contributed by atoms with van der Waals surface area (Å²) in [6.07, 6.45) is 1.81. The molecule has 0 amide bonds. The van der Waals surface area contributed by atoms with E-state index in [1.807, 2.05) is 45.3 Å². The monoisotopic (exact) mass is 262 g/mol. The number of aromatic nitrogens is 2. The van der Waals surface area contributed by atoms with Gasteiger partial charge in [0.1, 0.15) is 0 Å². The van der Waals surface area contributed by atoms with E-state index in [0.717, 1.165) is 27.9 Å². The molecule has 0 saturated heterocycles. The van der Waals surface area contributed by atoms with E-state index in [1.165, 1.54) is 0 Å². The normalized spacial score (nSPS) is 12.4. The highest BCUT2D eigenvalue weighted by atomic mass is 32.1. The third-order valence-corrected chi connectivity index (χ3v) is 4.16. The molecule has 18 heavy (non-hydrogen) atoms. The SMILES string of the molecule is Cc1nc(N(C)Cc2ccccn2)sc1C(C)N. The average Bonchev–Trinajstić information content (AvgIpc) is 2.73. The lowest BCUT2D eigenvalue weighted by molar-refractivity contribution is 0.824. The Kier molecular flexibility index (Phi) is 3.93. The molecule has 5 heteroatoms. The second-order valence-electron chi connectivity index (χ2n) is 4.41. The van der Waals surface area contributed by atoms with Crippen molar-refractivity contribution >= 4 is 16.5 Å². The van der Waals surface area contributed by atoms with Gasteiger partial charge < -0.3 is 10.6 Å². The number of nitrogens with zero attached hydrogens (tertiary/aromatic N) is 3. The Morgan fingerprint density at radius 2 is 2.22 bits per heavy atom. The van der Waals surface area contributed by atoms with Gasteiger partial charge in [0, 0.05) is 24.2 Å². The molecule has 0 fully saturated rings. The summed E-state index contributed by atoms with van der Waals surface area (Å²) in [6, 6.07) is 5.98. The van der Waals surface area contributed by atoms with E-state index < -0.39 is 0 Å². The smallest absolute Gasteiger partial charge is 0.185 e. The fraction of sp³-hybridized carbons (Fsp3) is 0.385. The summed E-state index contributed by atoms with van der Waals surface area (Å²) in [6.45, 7) is 4.75. The summed E-state index contributed by atoms with van der Waals surface area (Å²) < 4.78 is 0. The highest BCUT2D eigenvalue weighted by molar-refractivity contribution is 7.15. The van der Waals surface area contributed by atoms with Crippen LogP contribution in [0.1, 0.15) is 29.2 Å². The maximum absolute atomic E-state index is 5.92. The number of thiazole rings is 1. The van der Waals surface area contributed by atoms with Crippen LogP contribution in [-0.2, 0) is 6.54 Å². The van der Waals surface area contributed by atoms with E-state index in [2.05, 4.69) is 14.9 Å². The second kappa shape index (κ2) is 5.46. The topological polar surface area (TPSA) is 55.0 Å². The zero-order chi connectivity index (χ0) is 13.1. The summed E-state index contributed by atoms with van der Waals surface area (Å²) in [5.41, 5.74) is 7.98. The van der Waals surface area contributed by atoms with Crippen molar-refractivity contribution in [3.05, 3.63) is 40.7 Å². The van der Waals surface area contributed by atoms with Gasteiger partial charge in [-0.05, 0) is 26.0 Å². The van der Waals surface area contributed by atoms with Crippen LogP contribution in [0.25, 0.3) is 0 Å². The number of aryl methyl sites for hydroxylation is 1. The molecule has 2 heterocycles. The van der Waals surface area contributed by atoms with E-state index in [-0.39, 0.29) is 6.04 Å². The van der Waals surface area contributed by atoms with E-state index in [1.54, 1.807) is 11.3 Å². The molecule has 2 aromatic heterocycles. The first kappa shape index (κ1) is 13.0. The Hall–Kier alpha value is -1.46. The minimum absolute atomic E-state index is 0.0412. The quantitative estimate of drug-likeness (QED) is 0.920. The number of nitrogens with two attached hydrogens (primary N) is 1. The number of pyridine rings is 1. The number of anilines is 1. The first-order chi connectivity index (χ1) is 8.58. The zero-order valence-electron chi connectivity index (χ0n) is 10.9. The van der Waals surface area contributed by atoms with Crippen molar-refractivity contribution in [2.75, 3.05) is 11.9 Å². The largest absolute Gasteiger partial charge is 0.345 e. The Labute approximate surface area is 111 Å². The van der Waals surface area contributed by atoms with Gasteiger partial charge in [0.2, 0.25) is 0 Å². The van der Waals surface area contributed by atoms with Gasteiger partial charge in [0.15, 0.2) is 5.13 Å². The van der Waals surface area contributed by atoms with Crippen molar-refractivity contribution in [2.24, 2.45) is 5.73 Å². The fourth-order valence-electron chi connectivity index (χ4n) is 1.78. The molecule has 1 unspecified atom stereocenters. The minimum Gasteiger partial charge on any atom is -0.345 e. The maximum Gasteiger partial charge on any atom is 0.185 e. The summed E-state index contributed by atoms with van der Waals surface area (Å²) in [7, 11) is 2.03. The number of rotatable bonds is 4. The van der Waals surface area contributed by atoms with Gasteiger partial charge in [-0.15, -0.1) is 11.3 Å². The number of hydrogen-bond acceptors (Lipinski definition) is 5. The van der Waals surface area contributed by atoms with Crippen LogP contribution in [0.4, 0.5) is 5.13 Å². The molecule has 0 radical (unpaired) electrons. The van der Waals surface area contributed by atoms with Gasteiger partial charge in [-0.1, -0.05) is 6.07 Å². The lowest BCUT2D eigenvalue weighted by Crippen LogP contribution is -2.16. The second-order valence-corrected chi connectivity index (χ2v) is 5.42. The predicted molar refractivity (Wildman–Crippen MR) is 75.8 cm³/mol. The molecule has 0 aliphatic carbocycles. The third-order valence-electron chi connectivity index (χ3n) is 2.69. The van der Waals surface area contributed by atoms with Gasteiger partial charge in [-0.25, -0.2) is 4.98 Å². The summed E-state index contributed by atoms with van der Waals surface area (Å²) in [5, 5.41) is 0.991. The third kappa shape index (κ3) is 2.86. The molecular weight excluding hydrogens is 244 g/mol. The van der Waals surface area contributed by atoms with Crippen LogP contribution in [0.5, 0.6) is 0 Å². The Morgan fingerprint density at radius 3 is 2.78 bits per heavy atom. The van der Waals surface area contributed by atoms with Crippen molar-refractivity contribution in [1.29, 1.82) is 0 Å². The van der Waals surface area contributed by atoms with Crippen LogP contribution in [0.3, 0.4) is 0 Å². The molecule has 0 aliphatic rings. The van der Waals surface area contributed by atoms with Crippen LogP contribution < -0.4 is 10.6 Å². The van der Waals surface area contributed by atoms with Gasteiger partial charge in [-0.2, -0.15) is 0 Å². The first-order valence-corrected chi connectivity index (χ1v) is 6.73. The van der Waals surface area contributed by atoms with Gasteiger partial charge in [0.05, 0.1) is 17.9 Å². The lowest BCUT2D eigenvalue weighted by atomic mass is 10.2. The summed E-state index contributed by atoms with van der Waals surface area (Å²) >= 11 is 1.66. The first-order valence-electron chi connectivity index (χ1n) is 5.92. The molecule has 96 valence electrons. The molecule has 0 aromatic carbocycles. The lowest BCUT2D eigenvalue weighted by Gasteiger charge is -2.14. The molecule has 0 saturated carbocycles.